The van der Waals surface area contributed by atoms with Crippen LogP contribution < -0.4 is 9.44 Å². The van der Waals surface area contributed by atoms with Gasteiger partial charge in [-0.25, -0.2) is 21.6 Å². The largest absolute Gasteiger partial charge is 0.280 e. The summed E-state index contributed by atoms with van der Waals surface area (Å²) in [6.45, 7) is 0. The highest BCUT2D eigenvalue weighted by Crippen LogP contribution is 2.56. The molecule has 0 amide bonds. The molecule has 0 spiro atoms. The summed E-state index contributed by atoms with van der Waals surface area (Å²) >= 11 is 0. The molecule has 6 rings (SSSR count). The maximum absolute atomic E-state index is 13.1. The van der Waals surface area contributed by atoms with Crippen LogP contribution in [0.1, 0.15) is 38.5 Å². The monoisotopic (exact) mass is 491 g/mol. The lowest BCUT2D eigenvalue weighted by atomic mass is 9.53. The van der Waals surface area contributed by atoms with Crippen molar-refractivity contribution in [1.82, 2.24) is 4.72 Å². The van der Waals surface area contributed by atoms with Gasteiger partial charge in [-0.2, -0.15) is 0 Å². The van der Waals surface area contributed by atoms with E-state index in [4.69, 9.17) is 0 Å². The van der Waals surface area contributed by atoms with Gasteiger partial charge in [-0.3, -0.25) is 14.8 Å². The van der Waals surface area contributed by atoms with E-state index in [1.165, 1.54) is 61.7 Å². The summed E-state index contributed by atoms with van der Waals surface area (Å²) in [5, 5.41) is 10.9. The highest BCUT2D eigenvalue weighted by molar-refractivity contribution is 7.92. The molecule has 0 radical (unpaired) electrons. The van der Waals surface area contributed by atoms with Crippen molar-refractivity contribution in [2.75, 3.05) is 4.72 Å². The zero-order valence-corrected chi connectivity index (χ0v) is 19.4. The Kier molecular flexibility index (Phi) is 5.26. The minimum absolute atomic E-state index is 0.0801. The van der Waals surface area contributed by atoms with E-state index < -0.39 is 25.0 Å². The normalized spacial score (nSPS) is 28.5. The number of hydrogen-bond donors (Lipinski definition) is 2. The Morgan fingerprint density at radius 1 is 0.818 bits per heavy atom. The third-order valence-electron chi connectivity index (χ3n) is 7.14. The Morgan fingerprint density at radius 3 is 1.94 bits per heavy atom. The highest BCUT2D eigenvalue weighted by Gasteiger charge is 2.52. The second kappa shape index (κ2) is 7.78. The molecular formula is C22H25N3O6S2. The maximum atomic E-state index is 13.1. The van der Waals surface area contributed by atoms with Crippen LogP contribution in [0, 0.1) is 27.9 Å². The molecule has 4 saturated carbocycles. The van der Waals surface area contributed by atoms with Crippen LogP contribution in [0.5, 0.6) is 0 Å². The number of sulfonamides is 2. The number of rotatable bonds is 7. The van der Waals surface area contributed by atoms with Crippen LogP contribution in [-0.2, 0) is 20.0 Å². The smallest absolute Gasteiger partial charge is 0.270 e. The van der Waals surface area contributed by atoms with Crippen molar-refractivity contribution in [2.24, 2.45) is 17.8 Å². The van der Waals surface area contributed by atoms with Gasteiger partial charge in [0.05, 0.1) is 14.7 Å². The molecule has 0 atom stereocenters. The number of nitrogens with zero attached hydrogens (tertiary/aromatic N) is 1. The van der Waals surface area contributed by atoms with Crippen molar-refractivity contribution < 1.29 is 21.8 Å². The summed E-state index contributed by atoms with van der Waals surface area (Å²) in [6.07, 6.45) is 6.29. The molecule has 0 aromatic heterocycles. The van der Waals surface area contributed by atoms with Gasteiger partial charge in [0.25, 0.3) is 15.7 Å². The van der Waals surface area contributed by atoms with Gasteiger partial charge in [0.1, 0.15) is 0 Å². The van der Waals surface area contributed by atoms with Crippen LogP contribution in [0.2, 0.25) is 0 Å². The fourth-order valence-corrected chi connectivity index (χ4v) is 8.79. The first kappa shape index (κ1) is 22.3. The topological polar surface area (TPSA) is 135 Å². The predicted octanol–water partition coefficient (Wildman–Crippen LogP) is 3.64. The first-order valence-corrected chi connectivity index (χ1v) is 13.9. The van der Waals surface area contributed by atoms with E-state index in [1.807, 2.05) is 0 Å². The number of nitro groups is 1. The Labute approximate surface area is 192 Å². The molecule has 2 aromatic rings. The lowest BCUT2D eigenvalue weighted by Gasteiger charge is -2.56. The Bertz CT molecular complexity index is 1270. The minimum Gasteiger partial charge on any atom is -0.280 e. The van der Waals surface area contributed by atoms with Crippen molar-refractivity contribution in [3.8, 4) is 0 Å². The molecular weight excluding hydrogens is 466 g/mol. The number of nitro benzene ring substituents is 1. The van der Waals surface area contributed by atoms with Crippen molar-refractivity contribution in [1.29, 1.82) is 0 Å². The zero-order chi connectivity index (χ0) is 23.4. The van der Waals surface area contributed by atoms with Crippen LogP contribution in [0.15, 0.2) is 58.3 Å². The van der Waals surface area contributed by atoms with Crippen LogP contribution in [-0.4, -0.2) is 27.3 Å². The Balaban J connectivity index is 1.32. The van der Waals surface area contributed by atoms with Gasteiger partial charge in [-0.15, -0.1) is 0 Å². The number of non-ortho nitro benzene ring substituents is 1. The summed E-state index contributed by atoms with van der Waals surface area (Å²) in [6, 6.07) is 10.2. The van der Waals surface area contributed by atoms with Gasteiger partial charge in [0.2, 0.25) is 10.0 Å². The van der Waals surface area contributed by atoms with Crippen molar-refractivity contribution in [3.63, 3.8) is 0 Å². The lowest BCUT2D eigenvalue weighted by molar-refractivity contribution is -0.385. The van der Waals surface area contributed by atoms with E-state index >= 15 is 0 Å². The molecule has 2 aromatic carbocycles. The molecule has 0 saturated heterocycles. The SMILES string of the molecule is O=[N+]([O-])c1cccc(S(=O)(=O)Nc2ccc(S(=O)(=O)NC34CC5CC(CC(C5)C3)C4)cc2)c1. The molecule has 4 aliphatic carbocycles. The molecule has 33 heavy (non-hydrogen) atoms. The maximum Gasteiger partial charge on any atom is 0.270 e. The van der Waals surface area contributed by atoms with E-state index in [9.17, 15) is 26.9 Å². The fourth-order valence-electron chi connectivity index (χ4n) is 6.26. The van der Waals surface area contributed by atoms with Crippen molar-refractivity contribution in [3.05, 3.63) is 58.6 Å². The lowest BCUT2D eigenvalue weighted by Crippen LogP contribution is -2.59. The Morgan fingerprint density at radius 2 is 1.39 bits per heavy atom. The second-order valence-corrected chi connectivity index (χ2v) is 13.1. The van der Waals surface area contributed by atoms with E-state index in [1.54, 1.807) is 0 Å². The van der Waals surface area contributed by atoms with Crippen LogP contribution in [0.4, 0.5) is 11.4 Å². The number of hydrogen-bond acceptors (Lipinski definition) is 6. The summed E-state index contributed by atoms with van der Waals surface area (Å²) < 4.78 is 56.8. The van der Waals surface area contributed by atoms with Crippen molar-refractivity contribution in [2.45, 2.75) is 53.9 Å². The van der Waals surface area contributed by atoms with Gasteiger partial charge >= 0.3 is 0 Å². The third kappa shape index (κ3) is 4.36. The first-order valence-electron chi connectivity index (χ1n) is 10.9. The number of anilines is 1. The standard InChI is InChI=1S/C22H25N3O6S2/c26-25(27)19-2-1-3-21(11-19)32(28,29)23-18-4-6-20(7-5-18)33(30,31)24-22-12-15-8-16(13-22)10-17(9-15)14-22/h1-7,11,15-17,23-24H,8-10,12-14H2. The first-order chi connectivity index (χ1) is 15.5. The molecule has 176 valence electrons. The molecule has 9 nitrogen and oxygen atoms in total. The molecule has 4 aliphatic rings. The fraction of sp³-hybridized carbons (Fsp3) is 0.455. The summed E-state index contributed by atoms with van der Waals surface area (Å²) in [5.41, 5.74) is -0.541. The van der Waals surface area contributed by atoms with E-state index in [2.05, 4.69) is 9.44 Å². The van der Waals surface area contributed by atoms with Gasteiger partial charge in [0.15, 0.2) is 0 Å². The number of nitrogens with one attached hydrogen (secondary N) is 2. The van der Waals surface area contributed by atoms with Crippen molar-refractivity contribution >= 4 is 31.4 Å². The third-order valence-corrected chi connectivity index (χ3v) is 10.1. The molecule has 0 unspecified atom stereocenters. The summed E-state index contributed by atoms with van der Waals surface area (Å²) in [5.74, 6) is 1.80. The van der Waals surface area contributed by atoms with Gasteiger partial charge in [-0.05, 0) is 86.6 Å². The van der Waals surface area contributed by atoms with E-state index in [-0.39, 0.29) is 26.7 Å². The molecule has 4 fully saturated rings. The van der Waals surface area contributed by atoms with Crippen LogP contribution in [0.3, 0.4) is 0 Å². The molecule has 0 aliphatic heterocycles. The van der Waals surface area contributed by atoms with Gasteiger partial charge < -0.3 is 0 Å². The minimum atomic E-state index is -4.07. The summed E-state index contributed by atoms with van der Waals surface area (Å²) in [7, 11) is -7.83. The molecule has 0 heterocycles. The molecule has 11 heteroatoms. The highest BCUT2D eigenvalue weighted by atomic mass is 32.2. The predicted molar refractivity (Wildman–Crippen MR) is 122 cm³/mol. The van der Waals surface area contributed by atoms with Gasteiger partial charge in [-0.1, -0.05) is 6.07 Å². The average Bonchev–Trinajstić information content (AvgIpc) is 2.72. The molecule has 2 N–H and O–H groups in total. The average molecular weight is 492 g/mol. The summed E-state index contributed by atoms with van der Waals surface area (Å²) in [4.78, 5) is 10.1. The quantitative estimate of drug-likeness (QED) is 0.448. The zero-order valence-electron chi connectivity index (χ0n) is 17.8. The van der Waals surface area contributed by atoms with Gasteiger partial charge in [0, 0.05) is 23.4 Å². The van der Waals surface area contributed by atoms with Crippen LogP contribution in [0.25, 0.3) is 0 Å². The van der Waals surface area contributed by atoms with E-state index in [0.29, 0.717) is 17.8 Å². The van der Waals surface area contributed by atoms with E-state index in [0.717, 1.165) is 25.3 Å². The molecule has 4 bridgehead atoms. The second-order valence-electron chi connectivity index (χ2n) is 9.69. The van der Waals surface area contributed by atoms with Crippen LogP contribution >= 0.6 is 0 Å². The Hall–Kier alpha value is -2.50. The number of benzene rings is 2.